The van der Waals surface area contributed by atoms with Crippen LogP contribution in [0.25, 0.3) is 21.9 Å². The summed E-state index contributed by atoms with van der Waals surface area (Å²) in [7, 11) is -3.69. The highest BCUT2D eigenvalue weighted by atomic mass is 32.2. The topological polar surface area (TPSA) is 82.3 Å². The number of aromatic nitrogens is 2. The van der Waals surface area contributed by atoms with Crippen LogP contribution in [0.15, 0.2) is 30.3 Å². The molecular weight excluding hydrogens is 378 g/mol. The number of amides is 1. The molecule has 1 aliphatic heterocycles. The maximum Gasteiger partial charge on any atom is 0.269 e. The normalized spacial score (nSPS) is 17.8. The molecule has 0 spiro atoms. The SMILES string of the molecule is CC(C)n1c2ccccc2c2c1cc(C(=O)NC[C@@H]1CCCO1)n2S(C)(=O)=O. The molecule has 1 amide bonds. The van der Waals surface area contributed by atoms with E-state index in [4.69, 9.17) is 4.74 Å². The molecule has 4 rings (SSSR count). The Morgan fingerprint density at radius 3 is 2.68 bits per heavy atom. The third-order valence-electron chi connectivity index (χ3n) is 5.21. The summed E-state index contributed by atoms with van der Waals surface area (Å²) in [4.78, 5) is 12.9. The molecule has 150 valence electrons. The number of carbonyl (C=O) groups is 1. The quantitative estimate of drug-likeness (QED) is 0.710. The Morgan fingerprint density at radius 1 is 1.29 bits per heavy atom. The van der Waals surface area contributed by atoms with E-state index in [1.807, 2.05) is 38.1 Å². The van der Waals surface area contributed by atoms with Gasteiger partial charge in [-0.15, -0.1) is 0 Å². The van der Waals surface area contributed by atoms with Crippen molar-refractivity contribution < 1.29 is 17.9 Å². The molecule has 0 saturated carbocycles. The lowest BCUT2D eigenvalue weighted by atomic mass is 10.2. The number of nitrogens with one attached hydrogen (secondary N) is 1. The summed E-state index contributed by atoms with van der Waals surface area (Å²) in [6.45, 7) is 5.17. The molecule has 1 aromatic carbocycles. The lowest BCUT2D eigenvalue weighted by molar-refractivity contribution is 0.0853. The molecule has 3 heterocycles. The zero-order valence-electron chi connectivity index (χ0n) is 16.3. The van der Waals surface area contributed by atoms with Crippen molar-refractivity contribution in [1.29, 1.82) is 0 Å². The second kappa shape index (κ2) is 6.93. The van der Waals surface area contributed by atoms with E-state index in [9.17, 15) is 13.2 Å². The Morgan fingerprint density at radius 2 is 2.04 bits per heavy atom. The van der Waals surface area contributed by atoms with Gasteiger partial charge in [0.05, 0.1) is 28.9 Å². The maximum absolute atomic E-state index is 12.9. The van der Waals surface area contributed by atoms with Gasteiger partial charge in [-0.1, -0.05) is 18.2 Å². The van der Waals surface area contributed by atoms with Crippen molar-refractivity contribution in [3.05, 3.63) is 36.0 Å². The van der Waals surface area contributed by atoms with Gasteiger partial charge >= 0.3 is 0 Å². The van der Waals surface area contributed by atoms with E-state index in [2.05, 4.69) is 9.88 Å². The molecule has 0 radical (unpaired) electrons. The average Bonchev–Trinajstić information content (AvgIpc) is 3.32. The molecule has 0 aliphatic carbocycles. The smallest absolute Gasteiger partial charge is 0.269 e. The summed E-state index contributed by atoms with van der Waals surface area (Å²) in [5, 5.41) is 3.66. The van der Waals surface area contributed by atoms with Crippen molar-refractivity contribution in [2.75, 3.05) is 19.4 Å². The highest BCUT2D eigenvalue weighted by Gasteiger charge is 2.27. The molecule has 28 heavy (non-hydrogen) atoms. The van der Waals surface area contributed by atoms with Crippen LogP contribution in [0, 0.1) is 0 Å². The summed E-state index contributed by atoms with van der Waals surface area (Å²) in [6, 6.07) is 9.47. The minimum atomic E-state index is -3.69. The number of benzene rings is 1. The first kappa shape index (κ1) is 19.0. The number of ether oxygens (including phenoxy) is 1. The molecule has 1 fully saturated rings. The van der Waals surface area contributed by atoms with E-state index in [-0.39, 0.29) is 17.8 Å². The minimum absolute atomic E-state index is 0.00895. The van der Waals surface area contributed by atoms with E-state index < -0.39 is 15.9 Å². The van der Waals surface area contributed by atoms with Gasteiger partial charge in [0, 0.05) is 24.6 Å². The molecule has 1 aliphatic rings. The number of nitrogens with zero attached hydrogens (tertiary/aromatic N) is 2. The number of hydrogen-bond donors (Lipinski definition) is 1. The predicted octanol–water partition coefficient (Wildman–Crippen LogP) is 2.89. The van der Waals surface area contributed by atoms with Gasteiger partial charge in [-0.05, 0) is 38.8 Å². The second-order valence-corrected chi connectivity index (χ2v) is 9.45. The summed E-state index contributed by atoms with van der Waals surface area (Å²) in [5.74, 6) is -0.406. The van der Waals surface area contributed by atoms with E-state index in [0.29, 0.717) is 18.7 Å². The molecule has 1 N–H and O–H groups in total. The first-order chi connectivity index (χ1) is 13.3. The van der Waals surface area contributed by atoms with Crippen molar-refractivity contribution in [2.24, 2.45) is 0 Å². The van der Waals surface area contributed by atoms with Gasteiger partial charge in [-0.2, -0.15) is 0 Å². The van der Waals surface area contributed by atoms with Crippen LogP contribution < -0.4 is 5.32 Å². The monoisotopic (exact) mass is 403 g/mol. The maximum atomic E-state index is 12.9. The zero-order valence-corrected chi connectivity index (χ0v) is 17.1. The van der Waals surface area contributed by atoms with Crippen LogP contribution in [-0.4, -0.2) is 48.4 Å². The molecule has 3 aromatic rings. The fraction of sp³-hybridized carbons (Fsp3) is 0.450. The van der Waals surface area contributed by atoms with Crippen LogP contribution in [0.5, 0.6) is 0 Å². The Kier molecular flexibility index (Phi) is 4.71. The molecule has 2 aromatic heterocycles. The van der Waals surface area contributed by atoms with Crippen molar-refractivity contribution in [2.45, 2.75) is 38.8 Å². The van der Waals surface area contributed by atoms with Gasteiger partial charge < -0.3 is 14.6 Å². The minimum Gasteiger partial charge on any atom is -0.376 e. The van der Waals surface area contributed by atoms with Gasteiger partial charge in [0.2, 0.25) is 10.0 Å². The van der Waals surface area contributed by atoms with Crippen molar-refractivity contribution in [1.82, 2.24) is 13.9 Å². The Balaban J connectivity index is 1.89. The Labute approximate surface area is 164 Å². The largest absolute Gasteiger partial charge is 0.376 e. The fourth-order valence-electron chi connectivity index (χ4n) is 4.09. The Bertz CT molecular complexity index is 1150. The van der Waals surface area contributed by atoms with Crippen LogP contribution in [0.4, 0.5) is 0 Å². The van der Waals surface area contributed by atoms with Gasteiger partial charge in [0.15, 0.2) is 0 Å². The van der Waals surface area contributed by atoms with Gasteiger partial charge in [-0.3, -0.25) is 4.79 Å². The van der Waals surface area contributed by atoms with Crippen LogP contribution in [0.3, 0.4) is 0 Å². The van der Waals surface area contributed by atoms with Crippen LogP contribution in [0.2, 0.25) is 0 Å². The van der Waals surface area contributed by atoms with Crippen molar-refractivity contribution in [3.63, 3.8) is 0 Å². The standard InChI is InChI=1S/C20H25N3O4S/c1-13(2)22-16-9-5-4-8-15(16)19-17(22)11-18(23(19)28(3,25)26)20(24)21-12-14-7-6-10-27-14/h4-5,8-9,11,13-14H,6-7,10,12H2,1-3H3,(H,21,24)/t14-/m0/s1. The number of rotatable bonds is 5. The molecular formula is C20H25N3O4S. The molecule has 7 nitrogen and oxygen atoms in total. The predicted molar refractivity (Wildman–Crippen MR) is 109 cm³/mol. The molecule has 1 atom stereocenters. The Hall–Kier alpha value is -2.32. The number of hydrogen-bond acceptors (Lipinski definition) is 4. The highest BCUT2D eigenvalue weighted by Crippen LogP contribution is 2.35. The second-order valence-electron chi connectivity index (χ2n) is 7.62. The summed E-state index contributed by atoms with van der Waals surface area (Å²) < 4.78 is 34.1. The van der Waals surface area contributed by atoms with Gasteiger partial charge in [-0.25, -0.2) is 12.4 Å². The lowest BCUT2D eigenvalue weighted by Gasteiger charge is -2.12. The van der Waals surface area contributed by atoms with Crippen LogP contribution >= 0.6 is 0 Å². The summed E-state index contributed by atoms with van der Waals surface area (Å²) >= 11 is 0. The van der Waals surface area contributed by atoms with Gasteiger partial charge in [0.1, 0.15) is 5.69 Å². The number of para-hydroxylation sites is 1. The third-order valence-corrected chi connectivity index (χ3v) is 6.25. The first-order valence-corrected chi connectivity index (χ1v) is 11.4. The highest BCUT2D eigenvalue weighted by molar-refractivity contribution is 7.89. The fourth-order valence-corrected chi connectivity index (χ4v) is 5.10. The van der Waals surface area contributed by atoms with Crippen LogP contribution in [0.1, 0.15) is 43.2 Å². The van der Waals surface area contributed by atoms with Crippen molar-refractivity contribution >= 4 is 37.9 Å². The van der Waals surface area contributed by atoms with E-state index in [1.54, 1.807) is 6.07 Å². The van der Waals surface area contributed by atoms with E-state index >= 15 is 0 Å². The van der Waals surface area contributed by atoms with Crippen LogP contribution in [-0.2, 0) is 14.8 Å². The zero-order chi connectivity index (χ0) is 20.1. The molecule has 1 saturated heterocycles. The summed E-state index contributed by atoms with van der Waals surface area (Å²) in [5.41, 5.74) is 2.37. The molecule has 0 unspecified atom stereocenters. The average molecular weight is 404 g/mol. The summed E-state index contributed by atoms with van der Waals surface area (Å²) in [6.07, 6.45) is 3.00. The van der Waals surface area contributed by atoms with E-state index in [1.165, 1.54) is 3.97 Å². The molecule has 8 heteroatoms. The lowest BCUT2D eigenvalue weighted by Crippen LogP contribution is -2.33. The molecule has 0 bridgehead atoms. The first-order valence-electron chi connectivity index (χ1n) is 9.53. The third kappa shape index (κ3) is 3.10. The van der Waals surface area contributed by atoms with E-state index in [0.717, 1.165) is 35.5 Å². The van der Waals surface area contributed by atoms with Gasteiger partial charge in [0.25, 0.3) is 5.91 Å². The number of fused-ring (bicyclic) bond motifs is 3. The van der Waals surface area contributed by atoms with Crippen molar-refractivity contribution in [3.8, 4) is 0 Å². The number of carbonyl (C=O) groups excluding carboxylic acids is 1.